The van der Waals surface area contributed by atoms with Crippen LogP contribution in [-0.4, -0.2) is 15.8 Å². The molecule has 0 saturated carbocycles. The summed E-state index contributed by atoms with van der Waals surface area (Å²) < 4.78 is 0. The van der Waals surface area contributed by atoms with E-state index >= 15 is 0 Å². The Morgan fingerprint density at radius 2 is 1.77 bits per heavy atom. The van der Waals surface area contributed by atoms with Crippen LogP contribution in [0.2, 0.25) is 0 Å². The van der Waals surface area contributed by atoms with Crippen LogP contribution in [0.15, 0.2) is 54.6 Å². The van der Waals surface area contributed by atoms with Gasteiger partial charge in [0.1, 0.15) is 0 Å². The standard InChI is InChI=1S/C22H21N3O/c1-14-7-6-10-18(11-14)24-22-23-15(2)21-19(25-22)12-17(13-20(21)26)16-8-4-3-5-9-16/h3-11,17H,12-13H2,1-2H3,(H,23,24,25)/t17-/m1/s1. The second kappa shape index (κ2) is 6.71. The van der Waals surface area contributed by atoms with Gasteiger partial charge in [0.05, 0.1) is 17.0 Å². The first-order valence-electron chi connectivity index (χ1n) is 8.89. The molecule has 0 unspecified atom stereocenters. The van der Waals surface area contributed by atoms with Gasteiger partial charge in [-0.1, -0.05) is 42.5 Å². The number of nitrogens with zero attached hydrogens (tertiary/aromatic N) is 2. The van der Waals surface area contributed by atoms with E-state index in [1.807, 2.05) is 50.2 Å². The van der Waals surface area contributed by atoms with Crippen LogP contribution >= 0.6 is 0 Å². The summed E-state index contributed by atoms with van der Waals surface area (Å²) in [6, 6.07) is 18.3. The third-order valence-electron chi connectivity index (χ3n) is 4.86. The van der Waals surface area contributed by atoms with Crippen molar-refractivity contribution in [2.24, 2.45) is 0 Å². The van der Waals surface area contributed by atoms with Gasteiger partial charge in [-0.05, 0) is 49.4 Å². The Morgan fingerprint density at radius 1 is 0.962 bits per heavy atom. The number of Topliss-reactive ketones (excluding diaryl/α,β-unsaturated/α-hetero) is 1. The molecule has 4 rings (SSSR count). The highest BCUT2D eigenvalue weighted by atomic mass is 16.1. The molecule has 1 heterocycles. The lowest BCUT2D eigenvalue weighted by molar-refractivity contribution is 0.0962. The van der Waals surface area contributed by atoms with E-state index in [0.29, 0.717) is 17.9 Å². The minimum absolute atomic E-state index is 0.139. The Kier molecular flexibility index (Phi) is 4.25. The lowest BCUT2D eigenvalue weighted by atomic mass is 9.81. The minimum Gasteiger partial charge on any atom is -0.324 e. The number of aromatic nitrogens is 2. The summed E-state index contributed by atoms with van der Waals surface area (Å²) in [6.07, 6.45) is 1.28. The highest BCUT2D eigenvalue weighted by Gasteiger charge is 2.29. The fourth-order valence-electron chi connectivity index (χ4n) is 3.64. The molecule has 1 aromatic heterocycles. The van der Waals surface area contributed by atoms with E-state index in [0.717, 1.165) is 23.5 Å². The first-order chi connectivity index (χ1) is 12.6. The van der Waals surface area contributed by atoms with Crippen molar-refractivity contribution < 1.29 is 4.79 Å². The van der Waals surface area contributed by atoms with Gasteiger partial charge in [0.25, 0.3) is 0 Å². The summed E-state index contributed by atoms with van der Waals surface area (Å²) in [6.45, 7) is 3.94. The molecule has 130 valence electrons. The molecule has 0 radical (unpaired) electrons. The molecule has 0 saturated heterocycles. The molecule has 1 N–H and O–H groups in total. The first kappa shape index (κ1) is 16.5. The van der Waals surface area contributed by atoms with Crippen LogP contribution in [0.25, 0.3) is 0 Å². The molecule has 0 fully saturated rings. The van der Waals surface area contributed by atoms with Crippen molar-refractivity contribution in [3.63, 3.8) is 0 Å². The maximum absolute atomic E-state index is 12.7. The van der Waals surface area contributed by atoms with Gasteiger partial charge in [0.2, 0.25) is 5.95 Å². The van der Waals surface area contributed by atoms with Gasteiger partial charge < -0.3 is 5.32 Å². The maximum Gasteiger partial charge on any atom is 0.227 e. The summed E-state index contributed by atoms with van der Waals surface area (Å²) >= 11 is 0. The van der Waals surface area contributed by atoms with Gasteiger partial charge >= 0.3 is 0 Å². The Balaban J connectivity index is 1.67. The van der Waals surface area contributed by atoms with Crippen molar-refractivity contribution >= 4 is 17.4 Å². The molecule has 1 atom stereocenters. The summed E-state index contributed by atoms with van der Waals surface area (Å²) in [4.78, 5) is 21.9. The van der Waals surface area contributed by atoms with Gasteiger partial charge in [0.15, 0.2) is 5.78 Å². The van der Waals surface area contributed by atoms with Crippen molar-refractivity contribution in [2.75, 3.05) is 5.32 Å². The van der Waals surface area contributed by atoms with Crippen LogP contribution in [0, 0.1) is 13.8 Å². The van der Waals surface area contributed by atoms with E-state index < -0.39 is 0 Å². The highest BCUT2D eigenvalue weighted by molar-refractivity contribution is 5.99. The molecule has 3 aromatic rings. The Bertz CT molecular complexity index is 966. The first-order valence-corrected chi connectivity index (χ1v) is 8.89. The predicted molar refractivity (Wildman–Crippen MR) is 103 cm³/mol. The second-order valence-electron chi connectivity index (χ2n) is 6.89. The van der Waals surface area contributed by atoms with Crippen molar-refractivity contribution in [1.82, 2.24) is 9.97 Å². The molecule has 4 heteroatoms. The molecule has 0 spiro atoms. The SMILES string of the molecule is Cc1cccc(Nc2nc(C)c3c(n2)C[C@@H](c2ccccc2)CC3=O)c1. The summed E-state index contributed by atoms with van der Waals surface area (Å²) in [7, 11) is 0. The number of carbonyl (C=O) groups excluding carboxylic acids is 1. The van der Waals surface area contributed by atoms with Crippen molar-refractivity contribution in [3.8, 4) is 0 Å². The number of fused-ring (bicyclic) bond motifs is 1. The number of benzene rings is 2. The topological polar surface area (TPSA) is 54.9 Å². The quantitative estimate of drug-likeness (QED) is 0.745. The maximum atomic E-state index is 12.7. The Hall–Kier alpha value is -3.01. The van der Waals surface area contributed by atoms with Crippen LogP contribution in [0.1, 0.15) is 45.2 Å². The fourth-order valence-corrected chi connectivity index (χ4v) is 3.64. The van der Waals surface area contributed by atoms with Gasteiger partial charge in [-0.25, -0.2) is 9.97 Å². The second-order valence-corrected chi connectivity index (χ2v) is 6.89. The molecule has 26 heavy (non-hydrogen) atoms. The third kappa shape index (κ3) is 3.23. The number of hydrogen-bond acceptors (Lipinski definition) is 4. The highest BCUT2D eigenvalue weighted by Crippen LogP contribution is 2.33. The van der Waals surface area contributed by atoms with Gasteiger partial charge in [-0.15, -0.1) is 0 Å². The van der Waals surface area contributed by atoms with E-state index in [1.54, 1.807) is 0 Å². The summed E-state index contributed by atoms with van der Waals surface area (Å²) in [5, 5.41) is 3.27. The van der Waals surface area contributed by atoms with Crippen LogP contribution in [0.4, 0.5) is 11.6 Å². The zero-order valence-corrected chi connectivity index (χ0v) is 15.0. The van der Waals surface area contributed by atoms with Gasteiger partial charge in [0, 0.05) is 12.1 Å². The molecule has 0 bridgehead atoms. The predicted octanol–water partition coefficient (Wildman–Crippen LogP) is 4.75. The Morgan fingerprint density at radius 3 is 2.54 bits per heavy atom. The van der Waals surface area contributed by atoms with Crippen LogP contribution < -0.4 is 5.32 Å². The third-order valence-corrected chi connectivity index (χ3v) is 4.86. The molecule has 1 aliphatic rings. The van der Waals surface area contributed by atoms with E-state index in [4.69, 9.17) is 0 Å². The lowest BCUT2D eigenvalue weighted by Crippen LogP contribution is -2.22. The van der Waals surface area contributed by atoms with Crippen LogP contribution in [0.3, 0.4) is 0 Å². The van der Waals surface area contributed by atoms with Gasteiger partial charge in [-0.2, -0.15) is 0 Å². The Labute approximate surface area is 153 Å². The number of hydrogen-bond donors (Lipinski definition) is 1. The van der Waals surface area contributed by atoms with Gasteiger partial charge in [-0.3, -0.25) is 4.79 Å². The van der Waals surface area contributed by atoms with Crippen LogP contribution in [-0.2, 0) is 6.42 Å². The molecule has 1 aliphatic carbocycles. The average Bonchev–Trinajstić information content (AvgIpc) is 2.62. The number of nitrogens with one attached hydrogen (secondary N) is 1. The zero-order chi connectivity index (χ0) is 18.1. The lowest BCUT2D eigenvalue weighted by Gasteiger charge is -2.24. The molecule has 4 nitrogen and oxygen atoms in total. The van der Waals surface area contributed by atoms with E-state index in [2.05, 4.69) is 33.5 Å². The van der Waals surface area contributed by atoms with E-state index in [1.165, 1.54) is 11.1 Å². The average molecular weight is 343 g/mol. The number of rotatable bonds is 3. The minimum atomic E-state index is 0.139. The molecular weight excluding hydrogens is 322 g/mol. The molecule has 0 aliphatic heterocycles. The normalized spacial score (nSPS) is 16.2. The fraction of sp³-hybridized carbons (Fsp3) is 0.227. The summed E-state index contributed by atoms with van der Waals surface area (Å²) in [5.74, 6) is 0.866. The van der Waals surface area contributed by atoms with Crippen molar-refractivity contribution in [1.29, 1.82) is 0 Å². The van der Waals surface area contributed by atoms with Crippen molar-refractivity contribution in [3.05, 3.63) is 82.7 Å². The zero-order valence-electron chi connectivity index (χ0n) is 15.0. The smallest absolute Gasteiger partial charge is 0.227 e. The number of carbonyl (C=O) groups is 1. The number of aryl methyl sites for hydroxylation is 2. The van der Waals surface area contributed by atoms with Crippen LogP contribution in [0.5, 0.6) is 0 Å². The largest absolute Gasteiger partial charge is 0.324 e. The summed E-state index contributed by atoms with van der Waals surface area (Å²) in [5.41, 5.74) is 5.61. The van der Waals surface area contributed by atoms with E-state index in [9.17, 15) is 4.79 Å². The van der Waals surface area contributed by atoms with E-state index in [-0.39, 0.29) is 11.7 Å². The number of ketones is 1. The monoisotopic (exact) mass is 343 g/mol. The molecule has 2 aromatic carbocycles. The molecule has 0 amide bonds. The molecular formula is C22H21N3O. The van der Waals surface area contributed by atoms with Crippen molar-refractivity contribution in [2.45, 2.75) is 32.6 Å². The number of anilines is 2.